The Bertz CT molecular complexity index is 430. The minimum atomic E-state index is 0. The molecule has 7 heteroatoms. The molecule has 1 aliphatic heterocycles. The second kappa shape index (κ2) is 12.8. The van der Waals surface area contributed by atoms with Crippen molar-refractivity contribution in [3.8, 4) is 0 Å². The van der Waals surface area contributed by atoms with E-state index in [1.807, 2.05) is 13.8 Å². The summed E-state index contributed by atoms with van der Waals surface area (Å²) >= 11 is 0. The van der Waals surface area contributed by atoms with E-state index in [2.05, 4.69) is 32.8 Å². The number of carbonyl (C=O) groups excluding carboxylic acids is 1. The number of nitrogens with one attached hydrogen (secondary N) is 3. The molecule has 0 bridgehead atoms. The molecule has 6 nitrogen and oxygen atoms in total. The fourth-order valence-electron chi connectivity index (χ4n) is 3.74. The van der Waals surface area contributed by atoms with E-state index < -0.39 is 0 Å². The van der Waals surface area contributed by atoms with E-state index in [0.717, 1.165) is 18.5 Å². The normalized spacial score (nSPS) is 20.1. The summed E-state index contributed by atoms with van der Waals surface area (Å²) < 4.78 is 0. The largest absolute Gasteiger partial charge is 0.357 e. The predicted octanol–water partition coefficient (Wildman–Crippen LogP) is 2.34. The van der Waals surface area contributed by atoms with Crippen LogP contribution in [0.3, 0.4) is 0 Å². The lowest BCUT2D eigenvalue weighted by Crippen LogP contribution is -2.50. The zero-order valence-electron chi connectivity index (χ0n) is 16.7. The number of aliphatic imine (C=N–C) groups is 1. The standard InChI is InChI=1S/C19H37N5O.HI/c1-4-20-19(22-12-11-21-18(25)15(2)3)23-16-9-13-24(14-10-16)17-7-5-6-8-17;/h15-17H,4-14H2,1-3H3,(H,21,25)(H2,20,22,23);1H. The first-order valence-electron chi connectivity index (χ1n) is 10.2. The van der Waals surface area contributed by atoms with Crippen LogP contribution in [0, 0.1) is 5.92 Å². The van der Waals surface area contributed by atoms with E-state index in [1.54, 1.807) is 0 Å². The highest BCUT2D eigenvalue weighted by atomic mass is 127. The maximum Gasteiger partial charge on any atom is 0.222 e. The van der Waals surface area contributed by atoms with Gasteiger partial charge in [0.15, 0.2) is 5.96 Å². The molecule has 2 rings (SSSR count). The SMILES string of the molecule is CCNC(=NCCNC(=O)C(C)C)NC1CCN(C2CCCC2)CC1.I. The van der Waals surface area contributed by atoms with Gasteiger partial charge in [0.1, 0.15) is 0 Å². The lowest BCUT2D eigenvalue weighted by Gasteiger charge is -2.36. The average molecular weight is 479 g/mol. The van der Waals surface area contributed by atoms with Gasteiger partial charge in [-0.2, -0.15) is 0 Å². The van der Waals surface area contributed by atoms with Crippen LogP contribution in [0.1, 0.15) is 59.3 Å². The Balaban J connectivity index is 0.00000338. The van der Waals surface area contributed by atoms with Gasteiger partial charge in [-0.1, -0.05) is 26.7 Å². The molecule has 152 valence electrons. The molecule has 26 heavy (non-hydrogen) atoms. The number of piperidine rings is 1. The number of rotatable bonds is 7. The summed E-state index contributed by atoms with van der Waals surface area (Å²) in [5.74, 6) is 0.994. The molecule has 0 radical (unpaired) electrons. The number of amides is 1. The second-order valence-electron chi connectivity index (χ2n) is 7.60. The lowest BCUT2D eigenvalue weighted by molar-refractivity contribution is -0.123. The topological polar surface area (TPSA) is 68.8 Å². The van der Waals surface area contributed by atoms with E-state index in [9.17, 15) is 4.79 Å². The van der Waals surface area contributed by atoms with Crippen LogP contribution in [0.15, 0.2) is 4.99 Å². The quantitative estimate of drug-likeness (QED) is 0.227. The molecule has 0 spiro atoms. The molecule has 2 fully saturated rings. The summed E-state index contributed by atoms with van der Waals surface area (Å²) in [5, 5.41) is 9.81. The van der Waals surface area contributed by atoms with Gasteiger partial charge < -0.3 is 20.9 Å². The van der Waals surface area contributed by atoms with Gasteiger partial charge in [-0.05, 0) is 32.6 Å². The van der Waals surface area contributed by atoms with E-state index in [4.69, 9.17) is 0 Å². The first kappa shape index (κ1) is 23.5. The molecule has 0 unspecified atom stereocenters. The summed E-state index contributed by atoms with van der Waals surface area (Å²) in [6.07, 6.45) is 7.98. The third kappa shape index (κ3) is 7.98. The summed E-state index contributed by atoms with van der Waals surface area (Å²) in [6.45, 7) is 10.3. The molecule has 3 N–H and O–H groups in total. The summed E-state index contributed by atoms with van der Waals surface area (Å²) in [6, 6.07) is 1.34. The minimum Gasteiger partial charge on any atom is -0.357 e. The van der Waals surface area contributed by atoms with Crippen LogP contribution in [0.2, 0.25) is 0 Å². The van der Waals surface area contributed by atoms with Gasteiger partial charge in [0, 0.05) is 44.2 Å². The Labute approximate surface area is 176 Å². The van der Waals surface area contributed by atoms with Crippen molar-refractivity contribution in [2.75, 3.05) is 32.7 Å². The van der Waals surface area contributed by atoms with Crippen LogP contribution in [0.5, 0.6) is 0 Å². The van der Waals surface area contributed by atoms with Crippen LogP contribution in [-0.2, 0) is 4.79 Å². The molecule has 1 aliphatic carbocycles. The molecular formula is C19H38IN5O. The molecule has 1 saturated carbocycles. The smallest absolute Gasteiger partial charge is 0.222 e. The average Bonchev–Trinajstić information content (AvgIpc) is 3.13. The number of guanidine groups is 1. The molecule has 0 aromatic carbocycles. The van der Waals surface area contributed by atoms with Crippen LogP contribution in [-0.4, -0.2) is 61.6 Å². The summed E-state index contributed by atoms with van der Waals surface area (Å²) in [4.78, 5) is 18.9. The molecule has 0 aromatic rings. The summed E-state index contributed by atoms with van der Waals surface area (Å²) in [7, 11) is 0. The fraction of sp³-hybridized carbons (Fsp3) is 0.895. The van der Waals surface area contributed by atoms with Gasteiger partial charge in [-0.3, -0.25) is 9.79 Å². The molecule has 1 amide bonds. The highest BCUT2D eigenvalue weighted by molar-refractivity contribution is 14.0. The lowest BCUT2D eigenvalue weighted by atomic mass is 10.0. The predicted molar refractivity (Wildman–Crippen MR) is 119 cm³/mol. The minimum absolute atomic E-state index is 0. The van der Waals surface area contributed by atoms with Crippen molar-refractivity contribution in [1.82, 2.24) is 20.9 Å². The molecule has 2 aliphatic rings. The highest BCUT2D eigenvalue weighted by Gasteiger charge is 2.27. The van der Waals surface area contributed by atoms with Crippen molar-refractivity contribution >= 4 is 35.8 Å². The first-order valence-corrected chi connectivity index (χ1v) is 10.2. The van der Waals surface area contributed by atoms with Gasteiger partial charge >= 0.3 is 0 Å². The van der Waals surface area contributed by atoms with Crippen LogP contribution < -0.4 is 16.0 Å². The van der Waals surface area contributed by atoms with Crippen molar-refractivity contribution in [3.63, 3.8) is 0 Å². The number of hydrogen-bond acceptors (Lipinski definition) is 3. The monoisotopic (exact) mass is 479 g/mol. The van der Waals surface area contributed by atoms with Gasteiger partial charge in [0.2, 0.25) is 5.91 Å². The van der Waals surface area contributed by atoms with Crippen LogP contribution >= 0.6 is 24.0 Å². The molecular weight excluding hydrogens is 441 g/mol. The number of hydrogen-bond donors (Lipinski definition) is 3. The second-order valence-corrected chi connectivity index (χ2v) is 7.60. The third-order valence-corrected chi connectivity index (χ3v) is 5.26. The third-order valence-electron chi connectivity index (χ3n) is 5.26. The zero-order chi connectivity index (χ0) is 18.1. The number of likely N-dealkylation sites (tertiary alicyclic amines) is 1. The van der Waals surface area contributed by atoms with Crippen molar-refractivity contribution < 1.29 is 4.79 Å². The van der Waals surface area contributed by atoms with E-state index in [-0.39, 0.29) is 35.8 Å². The highest BCUT2D eigenvalue weighted by Crippen LogP contribution is 2.26. The Morgan fingerprint density at radius 3 is 2.35 bits per heavy atom. The molecule has 0 atom stereocenters. The van der Waals surface area contributed by atoms with Gasteiger partial charge in [0.25, 0.3) is 0 Å². The van der Waals surface area contributed by atoms with E-state index in [0.29, 0.717) is 19.1 Å². The van der Waals surface area contributed by atoms with Crippen molar-refractivity contribution in [2.45, 2.75) is 71.4 Å². The Morgan fingerprint density at radius 2 is 1.77 bits per heavy atom. The van der Waals surface area contributed by atoms with Gasteiger partial charge in [-0.25, -0.2) is 0 Å². The number of nitrogens with zero attached hydrogens (tertiary/aromatic N) is 2. The van der Waals surface area contributed by atoms with Crippen molar-refractivity contribution in [1.29, 1.82) is 0 Å². The number of halogens is 1. The maximum absolute atomic E-state index is 11.6. The van der Waals surface area contributed by atoms with Crippen LogP contribution in [0.4, 0.5) is 0 Å². The Morgan fingerprint density at radius 1 is 1.12 bits per heavy atom. The van der Waals surface area contributed by atoms with E-state index >= 15 is 0 Å². The Kier molecular flexibility index (Phi) is 11.5. The van der Waals surface area contributed by atoms with Crippen molar-refractivity contribution in [2.24, 2.45) is 10.9 Å². The van der Waals surface area contributed by atoms with Crippen molar-refractivity contribution in [3.05, 3.63) is 0 Å². The van der Waals surface area contributed by atoms with Gasteiger partial charge in [0.05, 0.1) is 6.54 Å². The maximum atomic E-state index is 11.6. The fourth-order valence-corrected chi connectivity index (χ4v) is 3.74. The molecule has 0 aromatic heterocycles. The zero-order valence-corrected chi connectivity index (χ0v) is 19.1. The molecule has 1 saturated heterocycles. The van der Waals surface area contributed by atoms with Gasteiger partial charge in [-0.15, -0.1) is 24.0 Å². The van der Waals surface area contributed by atoms with Crippen LogP contribution in [0.25, 0.3) is 0 Å². The summed E-state index contributed by atoms with van der Waals surface area (Å²) in [5.41, 5.74) is 0. The Hall–Kier alpha value is -0.570. The van der Waals surface area contributed by atoms with E-state index in [1.165, 1.54) is 51.6 Å². The molecule has 1 heterocycles. The number of carbonyl (C=O) groups is 1. The first-order chi connectivity index (χ1) is 12.1.